The van der Waals surface area contributed by atoms with Gasteiger partial charge in [0, 0.05) is 18.4 Å². The van der Waals surface area contributed by atoms with Crippen LogP contribution in [-0.4, -0.2) is 38.4 Å². The summed E-state index contributed by atoms with van der Waals surface area (Å²) in [4.78, 5) is 12.8. The summed E-state index contributed by atoms with van der Waals surface area (Å²) in [6.45, 7) is 1.09. The lowest BCUT2D eigenvalue weighted by atomic mass is 9.90. The largest absolute Gasteiger partial charge is 0.493 e. The molecule has 4 unspecified atom stereocenters. The van der Waals surface area contributed by atoms with E-state index in [-0.39, 0.29) is 23.9 Å². The van der Waals surface area contributed by atoms with Crippen molar-refractivity contribution < 1.29 is 14.3 Å². The third kappa shape index (κ3) is 3.69. The number of carbonyl (C=O) groups is 1. The van der Waals surface area contributed by atoms with Crippen LogP contribution in [0, 0.1) is 5.92 Å². The van der Waals surface area contributed by atoms with Gasteiger partial charge >= 0.3 is 0 Å². The molecule has 0 radical (unpaired) electrons. The Labute approximate surface area is 164 Å². The Hall–Kier alpha value is -2.61. The number of rotatable bonds is 5. The summed E-state index contributed by atoms with van der Waals surface area (Å²) in [5, 5.41) is 3.07. The molecular weight excluding hydrogens is 356 g/mol. The van der Waals surface area contributed by atoms with Gasteiger partial charge < -0.3 is 20.5 Å². The minimum atomic E-state index is -0.422. The minimum Gasteiger partial charge on any atom is -0.493 e. The van der Waals surface area contributed by atoms with Gasteiger partial charge in [-0.2, -0.15) is 0 Å². The first-order chi connectivity index (χ1) is 13.7. The van der Waals surface area contributed by atoms with Gasteiger partial charge in [-0.05, 0) is 23.6 Å². The number of carbonyl (C=O) groups excluding carboxylic acids is 1. The number of para-hydroxylation sites is 1. The highest BCUT2D eigenvalue weighted by atomic mass is 16.5. The van der Waals surface area contributed by atoms with Gasteiger partial charge in [-0.15, -0.1) is 0 Å². The number of nitrogens with one attached hydrogen (secondary N) is 3. The highest BCUT2D eigenvalue weighted by Gasteiger charge is 2.39. The fraction of sp³-hybridized carbons (Fsp3) is 0.381. The second-order valence-electron chi connectivity index (χ2n) is 7.30. The molecule has 7 nitrogen and oxygen atoms in total. The number of methoxy groups -OCH3 is 1. The molecule has 0 saturated carbocycles. The lowest BCUT2D eigenvalue weighted by Crippen LogP contribution is -2.47. The highest BCUT2D eigenvalue weighted by Crippen LogP contribution is 2.35. The van der Waals surface area contributed by atoms with Crippen LogP contribution in [0.25, 0.3) is 0 Å². The third-order valence-electron chi connectivity index (χ3n) is 5.44. The predicted octanol–water partition coefficient (Wildman–Crippen LogP) is 0.908. The van der Waals surface area contributed by atoms with E-state index in [1.807, 2.05) is 48.5 Å². The van der Waals surface area contributed by atoms with Crippen molar-refractivity contribution in [3.05, 3.63) is 59.7 Å². The van der Waals surface area contributed by atoms with Gasteiger partial charge in [0.15, 0.2) is 11.5 Å². The van der Waals surface area contributed by atoms with Crippen LogP contribution in [-0.2, 0) is 11.2 Å². The zero-order valence-corrected chi connectivity index (χ0v) is 15.9. The summed E-state index contributed by atoms with van der Waals surface area (Å²) in [6, 6.07) is 15.3. The normalized spacial score (nSPS) is 26.2. The van der Waals surface area contributed by atoms with E-state index >= 15 is 0 Å². The summed E-state index contributed by atoms with van der Waals surface area (Å²) in [7, 11) is 1.64. The molecule has 1 saturated heterocycles. The van der Waals surface area contributed by atoms with Crippen molar-refractivity contribution in [3.63, 3.8) is 0 Å². The number of ether oxygens (including phenoxy) is 2. The first kappa shape index (κ1) is 18.7. The van der Waals surface area contributed by atoms with Crippen LogP contribution >= 0.6 is 0 Å². The van der Waals surface area contributed by atoms with Crippen LogP contribution in [0.3, 0.4) is 0 Å². The van der Waals surface area contributed by atoms with Crippen molar-refractivity contribution in [3.8, 4) is 11.5 Å². The van der Waals surface area contributed by atoms with Gasteiger partial charge in [-0.3, -0.25) is 4.79 Å². The van der Waals surface area contributed by atoms with Crippen LogP contribution in [0.2, 0.25) is 0 Å². The second-order valence-corrected chi connectivity index (χ2v) is 7.30. The van der Waals surface area contributed by atoms with Crippen molar-refractivity contribution in [2.75, 3.05) is 20.3 Å². The van der Waals surface area contributed by atoms with Gasteiger partial charge in [0.1, 0.15) is 6.04 Å². The van der Waals surface area contributed by atoms with Gasteiger partial charge in [0.25, 0.3) is 0 Å². The lowest BCUT2D eigenvalue weighted by molar-refractivity contribution is -0.123. The predicted molar refractivity (Wildman–Crippen MR) is 106 cm³/mol. The van der Waals surface area contributed by atoms with E-state index in [1.165, 1.54) is 0 Å². The van der Waals surface area contributed by atoms with Crippen molar-refractivity contribution in [1.82, 2.24) is 16.2 Å². The van der Waals surface area contributed by atoms with Gasteiger partial charge in [0.05, 0.1) is 19.9 Å². The minimum absolute atomic E-state index is 0.0641. The average molecular weight is 382 g/mol. The van der Waals surface area contributed by atoms with Crippen LogP contribution in [0.15, 0.2) is 48.5 Å². The zero-order chi connectivity index (χ0) is 19.5. The molecular formula is C21H26N4O3. The molecule has 5 N–H and O–H groups in total. The molecule has 0 spiro atoms. The van der Waals surface area contributed by atoms with Crippen LogP contribution in [0.1, 0.15) is 17.0 Å². The van der Waals surface area contributed by atoms with E-state index in [0.29, 0.717) is 13.2 Å². The molecule has 0 aliphatic carbocycles. The SMILES string of the molecule is COc1cccc2c1OCC(CNC(=O)C1NNC(N)C1c1ccccc1)C2. The van der Waals surface area contributed by atoms with E-state index in [9.17, 15) is 4.79 Å². The maximum absolute atomic E-state index is 12.8. The molecule has 7 heteroatoms. The second kappa shape index (κ2) is 8.18. The van der Waals surface area contributed by atoms with Crippen molar-refractivity contribution in [2.45, 2.75) is 24.5 Å². The Kier molecular flexibility index (Phi) is 5.47. The molecule has 0 bridgehead atoms. The topological polar surface area (TPSA) is 97.6 Å². The molecule has 2 aliphatic heterocycles. The molecule has 2 aliphatic rings. The number of benzene rings is 2. The summed E-state index contributed by atoms with van der Waals surface area (Å²) in [5.41, 5.74) is 14.3. The van der Waals surface area contributed by atoms with Crippen LogP contribution in [0.4, 0.5) is 0 Å². The summed E-state index contributed by atoms with van der Waals surface area (Å²) < 4.78 is 11.3. The number of nitrogens with two attached hydrogens (primary N) is 1. The Balaban J connectivity index is 1.38. The van der Waals surface area contributed by atoms with Gasteiger partial charge in [0.2, 0.25) is 5.91 Å². The van der Waals surface area contributed by atoms with E-state index in [4.69, 9.17) is 15.2 Å². The Morgan fingerprint density at radius 2 is 2.04 bits per heavy atom. The van der Waals surface area contributed by atoms with Crippen LogP contribution in [0.5, 0.6) is 11.5 Å². The van der Waals surface area contributed by atoms with Crippen LogP contribution < -0.4 is 31.4 Å². The highest BCUT2D eigenvalue weighted by molar-refractivity contribution is 5.83. The molecule has 2 heterocycles. The summed E-state index contributed by atoms with van der Waals surface area (Å²) >= 11 is 0. The Morgan fingerprint density at radius 1 is 1.21 bits per heavy atom. The van der Waals surface area contributed by atoms with E-state index in [0.717, 1.165) is 29.0 Å². The maximum atomic E-state index is 12.8. The van der Waals surface area contributed by atoms with E-state index in [2.05, 4.69) is 16.2 Å². The zero-order valence-electron chi connectivity index (χ0n) is 15.9. The molecule has 1 amide bonds. The number of hydrogen-bond acceptors (Lipinski definition) is 6. The quantitative estimate of drug-likeness (QED) is 0.614. The first-order valence-corrected chi connectivity index (χ1v) is 9.55. The molecule has 0 aromatic heterocycles. The maximum Gasteiger partial charge on any atom is 0.239 e. The lowest BCUT2D eigenvalue weighted by Gasteiger charge is -2.27. The molecule has 4 atom stereocenters. The fourth-order valence-electron chi connectivity index (χ4n) is 3.98. The molecule has 1 fully saturated rings. The van der Waals surface area contributed by atoms with Crippen molar-refractivity contribution in [2.24, 2.45) is 11.7 Å². The Morgan fingerprint density at radius 3 is 2.82 bits per heavy atom. The number of amides is 1. The molecule has 2 aromatic carbocycles. The van der Waals surface area contributed by atoms with Gasteiger partial charge in [-0.1, -0.05) is 42.5 Å². The average Bonchev–Trinajstić information content (AvgIpc) is 3.13. The van der Waals surface area contributed by atoms with E-state index in [1.54, 1.807) is 7.11 Å². The smallest absolute Gasteiger partial charge is 0.239 e. The van der Waals surface area contributed by atoms with Gasteiger partial charge in [-0.25, -0.2) is 10.9 Å². The third-order valence-corrected chi connectivity index (χ3v) is 5.44. The molecule has 148 valence electrons. The molecule has 28 heavy (non-hydrogen) atoms. The van der Waals surface area contributed by atoms with Crippen molar-refractivity contribution in [1.29, 1.82) is 0 Å². The fourth-order valence-corrected chi connectivity index (χ4v) is 3.98. The summed E-state index contributed by atoms with van der Waals surface area (Å²) in [6.07, 6.45) is 0.514. The van der Waals surface area contributed by atoms with E-state index < -0.39 is 6.04 Å². The number of hydrogen-bond donors (Lipinski definition) is 4. The monoisotopic (exact) mass is 382 g/mol. The van der Waals surface area contributed by atoms with Crippen molar-refractivity contribution >= 4 is 5.91 Å². The first-order valence-electron chi connectivity index (χ1n) is 9.55. The molecule has 4 rings (SSSR count). The number of hydrazine groups is 1. The summed E-state index contributed by atoms with van der Waals surface area (Å²) in [5.74, 6) is 1.58. The number of fused-ring (bicyclic) bond motifs is 1. The standard InChI is InChI=1S/C21H26N4O3/c1-27-16-9-5-8-15-10-13(12-28-19(15)16)11-23-21(26)18-17(20(22)25-24-18)14-6-3-2-4-7-14/h2-9,13,17-18,20,24-25H,10-12,22H2,1H3,(H,23,26). The Bertz CT molecular complexity index is 830. The molecule has 2 aromatic rings.